The second-order valence-corrected chi connectivity index (χ2v) is 9.86. The van der Waals surface area contributed by atoms with Crippen molar-refractivity contribution in [3.8, 4) is 22.3 Å². The average Bonchev–Trinajstić information content (AvgIpc) is 2.80. The van der Waals surface area contributed by atoms with Gasteiger partial charge in [0.1, 0.15) is 0 Å². The Morgan fingerprint density at radius 2 is 1.39 bits per heavy atom. The minimum Gasteiger partial charge on any atom is -0.398 e. The van der Waals surface area contributed by atoms with Gasteiger partial charge in [-0.2, -0.15) is 0 Å². The molecule has 33 heavy (non-hydrogen) atoms. The maximum absolute atomic E-state index is 13.1. The number of amides is 1. The summed E-state index contributed by atoms with van der Waals surface area (Å²) in [5, 5.41) is 8.09. The van der Waals surface area contributed by atoms with Gasteiger partial charge in [0.05, 0.1) is 16.1 Å². The van der Waals surface area contributed by atoms with Crippen LogP contribution in [-0.4, -0.2) is 14.3 Å². The summed E-state index contributed by atoms with van der Waals surface area (Å²) in [6.07, 6.45) is 0. The Morgan fingerprint density at radius 1 is 0.788 bits per heavy atom. The highest BCUT2D eigenvalue weighted by molar-refractivity contribution is 9.10. The zero-order chi connectivity index (χ0) is 23.6. The fraction of sp³-hybridized carbons (Fsp3) is 0. The number of nitrogens with two attached hydrogens (primary N) is 2. The van der Waals surface area contributed by atoms with Crippen molar-refractivity contribution in [1.82, 2.24) is 0 Å². The molecule has 166 valence electrons. The van der Waals surface area contributed by atoms with Crippen LogP contribution < -0.4 is 16.2 Å². The topological polar surface area (TPSA) is 115 Å². The van der Waals surface area contributed by atoms with E-state index in [0.717, 1.165) is 15.6 Å². The average molecular weight is 522 g/mol. The minimum absolute atomic E-state index is 0.00377. The summed E-state index contributed by atoms with van der Waals surface area (Å²) in [7, 11) is -3.82. The number of nitrogens with one attached hydrogen (secondary N) is 1. The van der Waals surface area contributed by atoms with Crippen LogP contribution in [0.2, 0.25) is 0 Å². The van der Waals surface area contributed by atoms with E-state index in [0.29, 0.717) is 22.4 Å². The molecular weight excluding hydrogens is 502 g/mol. The standard InChI is InChI=1S/C25H20BrN3O3S/c26-19-10-6-16(7-11-19)18-14-22(17-8-12-21(13-9-17)33(28,31)32)24(27)23(15-18)25(30)29-20-4-2-1-3-5-20/h1-15H,27H2,(H,29,30)(H2,28,31,32). The zero-order valence-corrected chi connectivity index (χ0v) is 19.7. The smallest absolute Gasteiger partial charge is 0.257 e. The third-order valence-electron chi connectivity index (χ3n) is 5.13. The first-order valence-corrected chi connectivity index (χ1v) is 12.3. The summed E-state index contributed by atoms with van der Waals surface area (Å²) in [6.45, 7) is 0. The molecule has 6 nitrogen and oxygen atoms in total. The molecule has 0 heterocycles. The van der Waals surface area contributed by atoms with Crippen LogP contribution in [0, 0.1) is 0 Å². The second-order valence-electron chi connectivity index (χ2n) is 7.38. The molecule has 0 saturated carbocycles. The third-order valence-corrected chi connectivity index (χ3v) is 6.59. The van der Waals surface area contributed by atoms with Crippen LogP contribution in [0.5, 0.6) is 0 Å². The van der Waals surface area contributed by atoms with Gasteiger partial charge in [-0.3, -0.25) is 4.79 Å². The Balaban J connectivity index is 1.84. The summed E-state index contributed by atoms with van der Waals surface area (Å²) < 4.78 is 24.2. The molecule has 0 saturated heterocycles. The highest BCUT2D eigenvalue weighted by atomic mass is 79.9. The van der Waals surface area contributed by atoms with Crippen LogP contribution in [0.3, 0.4) is 0 Å². The van der Waals surface area contributed by atoms with Gasteiger partial charge < -0.3 is 11.1 Å². The number of hydrogen-bond donors (Lipinski definition) is 3. The number of primary sulfonamides is 1. The van der Waals surface area contributed by atoms with Crippen molar-refractivity contribution in [3.63, 3.8) is 0 Å². The van der Waals surface area contributed by atoms with E-state index in [1.807, 2.05) is 48.5 Å². The highest BCUT2D eigenvalue weighted by Crippen LogP contribution is 2.35. The fourth-order valence-electron chi connectivity index (χ4n) is 3.43. The van der Waals surface area contributed by atoms with Gasteiger partial charge in [-0.1, -0.05) is 58.4 Å². The lowest BCUT2D eigenvalue weighted by atomic mass is 9.93. The minimum atomic E-state index is -3.82. The van der Waals surface area contributed by atoms with E-state index in [2.05, 4.69) is 21.2 Å². The third kappa shape index (κ3) is 5.14. The van der Waals surface area contributed by atoms with Crippen molar-refractivity contribution in [2.75, 3.05) is 11.1 Å². The second kappa shape index (κ2) is 9.19. The van der Waals surface area contributed by atoms with Crippen molar-refractivity contribution in [3.05, 3.63) is 101 Å². The zero-order valence-electron chi connectivity index (χ0n) is 17.3. The number of para-hydroxylation sites is 1. The number of rotatable bonds is 5. The summed E-state index contributed by atoms with van der Waals surface area (Å²) in [5.41, 5.74) is 10.7. The molecule has 4 aromatic rings. The van der Waals surface area contributed by atoms with Crippen molar-refractivity contribution in [2.24, 2.45) is 5.14 Å². The van der Waals surface area contributed by atoms with Crippen molar-refractivity contribution >= 4 is 43.2 Å². The number of nitrogen functional groups attached to an aromatic ring is 1. The van der Waals surface area contributed by atoms with Gasteiger partial charge >= 0.3 is 0 Å². The first-order valence-electron chi connectivity index (χ1n) is 9.91. The molecule has 1 amide bonds. The van der Waals surface area contributed by atoms with E-state index in [1.54, 1.807) is 30.3 Å². The highest BCUT2D eigenvalue weighted by Gasteiger charge is 2.18. The summed E-state index contributed by atoms with van der Waals surface area (Å²) in [6, 6.07) is 26.5. The van der Waals surface area contributed by atoms with Gasteiger partial charge in [0.2, 0.25) is 10.0 Å². The van der Waals surface area contributed by atoms with Crippen LogP contribution in [0.15, 0.2) is 100 Å². The Bertz CT molecular complexity index is 1420. The first kappa shape index (κ1) is 22.7. The monoisotopic (exact) mass is 521 g/mol. The van der Waals surface area contributed by atoms with Crippen LogP contribution in [-0.2, 0) is 10.0 Å². The van der Waals surface area contributed by atoms with Crippen LogP contribution in [0.4, 0.5) is 11.4 Å². The summed E-state index contributed by atoms with van der Waals surface area (Å²) in [4.78, 5) is 13.1. The first-order chi connectivity index (χ1) is 15.7. The molecule has 0 aliphatic carbocycles. The van der Waals surface area contributed by atoms with E-state index in [4.69, 9.17) is 10.9 Å². The lowest BCUT2D eigenvalue weighted by molar-refractivity contribution is 0.102. The van der Waals surface area contributed by atoms with E-state index in [9.17, 15) is 13.2 Å². The number of anilines is 2. The molecular formula is C25H20BrN3O3S. The number of carbonyl (C=O) groups is 1. The summed E-state index contributed by atoms with van der Waals surface area (Å²) >= 11 is 3.43. The predicted octanol–water partition coefficient (Wildman–Crippen LogP) is 5.27. The maximum atomic E-state index is 13.1. The molecule has 0 unspecified atom stereocenters. The van der Waals surface area contributed by atoms with Crippen LogP contribution in [0.1, 0.15) is 10.4 Å². The lowest BCUT2D eigenvalue weighted by Gasteiger charge is -2.15. The van der Waals surface area contributed by atoms with E-state index >= 15 is 0 Å². The number of hydrogen-bond acceptors (Lipinski definition) is 4. The molecule has 0 aliphatic heterocycles. The fourth-order valence-corrected chi connectivity index (χ4v) is 4.21. The summed E-state index contributed by atoms with van der Waals surface area (Å²) in [5.74, 6) is -0.347. The molecule has 0 aromatic heterocycles. The van der Waals surface area contributed by atoms with Gasteiger partial charge in [-0.15, -0.1) is 0 Å². The quantitative estimate of drug-likeness (QED) is 0.310. The molecule has 4 rings (SSSR count). The van der Waals surface area contributed by atoms with Gasteiger partial charge in [-0.05, 0) is 65.2 Å². The molecule has 4 aromatic carbocycles. The van der Waals surface area contributed by atoms with Gasteiger partial charge in [0, 0.05) is 15.7 Å². The SMILES string of the molecule is Nc1c(C(=O)Nc2ccccc2)cc(-c2ccc(Br)cc2)cc1-c1ccc(S(N)(=O)=O)cc1. The van der Waals surface area contributed by atoms with Gasteiger partial charge in [0.15, 0.2) is 0 Å². The van der Waals surface area contributed by atoms with E-state index in [-0.39, 0.29) is 16.5 Å². The van der Waals surface area contributed by atoms with Crippen LogP contribution >= 0.6 is 15.9 Å². The molecule has 0 atom stereocenters. The Morgan fingerprint density at radius 3 is 2.00 bits per heavy atom. The molecule has 0 bridgehead atoms. The van der Waals surface area contributed by atoms with Crippen molar-refractivity contribution < 1.29 is 13.2 Å². The number of carbonyl (C=O) groups excluding carboxylic acids is 1. The van der Waals surface area contributed by atoms with Crippen molar-refractivity contribution in [2.45, 2.75) is 4.90 Å². The lowest BCUT2D eigenvalue weighted by Crippen LogP contribution is -2.15. The van der Waals surface area contributed by atoms with E-state index < -0.39 is 10.0 Å². The Labute approximate surface area is 200 Å². The molecule has 0 aliphatic rings. The van der Waals surface area contributed by atoms with Crippen molar-refractivity contribution in [1.29, 1.82) is 0 Å². The van der Waals surface area contributed by atoms with E-state index in [1.165, 1.54) is 12.1 Å². The number of sulfonamides is 1. The van der Waals surface area contributed by atoms with Crippen LogP contribution in [0.25, 0.3) is 22.3 Å². The molecule has 5 N–H and O–H groups in total. The maximum Gasteiger partial charge on any atom is 0.257 e. The normalized spacial score (nSPS) is 11.2. The van der Waals surface area contributed by atoms with Gasteiger partial charge in [0.25, 0.3) is 5.91 Å². The molecule has 8 heteroatoms. The number of benzene rings is 4. The molecule has 0 fully saturated rings. The van der Waals surface area contributed by atoms with Gasteiger partial charge in [-0.25, -0.2) is 13.6 Å². The Hall–Kier alpha value is -3.46. The largest absolute Gasteiger partial charge is 0.398 e. The predicted molar refractivity (Wildman–Crippen MR) is 135 cm³/mol. The Kier molecular flexibility index (Phi) is 6.33. The molecule has 0 radical (unpaired) electrons. The molecule has 0 spiro atoms. The number of halogens is 1.